The van der Waals surface area contributed by atoms with Gasteiger partial charge in [0.05, 0.1) is 0 Å². The minimum absolute atomic E-state index is 0.494. The molecule has 0 saturated carbocycles. The lowest BCUT2D eigenvalue weighted by Gasteiger charge is -2.19. The van der Waals surface area contributed by atoms with Gasteiger partial charge in [-0.1, -0.05) is 13.8 Å². The third kappa shape index (κ3) is 4.13. The quantitative estimate of drug-likeness (QED) is 0.842. The number of halogens is 1. The summed E-state index contributed by atoms with van der Waals surface area (Å²) in [5.41, 5.74) is 0. The Morgan fingerprint density at radius 1 is 1.53 bits per heavy atom. The summed E-state index contributed by atoms with van der Waals surface area (Å²) in [4.78, 5) is 4.35. The monoisotopic (exact) mass is 288 g/mol. The molecule has 0 aliphatic carbocycles. The topological polar surface area (TPSA) is 24.9 Å². The van der Waals surface area contributed by atoms with E-state index in [2.05, 4.69) is 47.0 Å². The maximum Gasteiger partial charge on any atom is 0.110 e. The van der Waals surface area contributed by atoms with Crippen molar-refractivity contribution in [2.75, 3.05) is 6.54 Å². The van der Waals surface area contributed by atoms with Crippen molar-refractivity contribution in [3.05, 3.63) is 22.8 Å². The van der Waals surface area contributed by atoms with Gasteiger partial charge in [-0.15, -0.1) is 11.8 Å². The van der Waals surface area contributed by atoms with E-state index in [9.17, 15) is 0 Å². The third-order valence-electron chi connectivity index (χ3n) is 2.25. The lowest BCUT2D eigenvalue weighted by Crippen LogP contribution is -2.33. The van der Waals surface area contributed by atoms with Crippen LogP contribution in [-0.4, -0.2) is 22.8 Å². The molecule has 0 saturated heterocycles. The van der Waals surface area contributed by atoms with E-state index in [1.54, 1.807) is 11.8 Å². The molecule has 1 N–H and O–H groups in total. The van der Waals surface area contributed by atoms with Gasteiger partial charge < -0.3 is 5.32 Å². The molecule has 2 unspecified atom stereocenters. The second-order valence-corrected chi connectivity index (χ2v) is 5.68. The maximum atomic E-state index is 4.35. The van der Waals surface area contributed by atoms with Gasteiger partial charge in [0.1, 0.15) is 5.03 Å². The fourth-order valence-corrected chi connectivity index (χ4v) is 2.71. The van der Waals surface area contributed by atoms with Crippen molar-refractivity contribution in [3.63, 3.8) is 0 Å². The molecule has 1 heterocycles. The van der Waals surface area contributed by atoms with Crippen LogP contribution >= 0.6 is 27.7 Å². The Labute approximate surface area is 104 Å². The highest BCUT2D eigenvalue weighted by atomic mass is 79.9. The molecule has 0 fully saturated rings. The first kappa shape index (κ1) is 13.0. The number of nitrogens with zero attached hydrogens (tertiary/aromatic N) is 1. The smallest absolute Gasteiger partial charge is 0.110 e. The molecule has 1 aromatic heterocycles. The van der Waals surface area contributed by atoms with E-state index in [1.165, 1.54) is 0 Å². The highest BCUT2D eigenvalue weighted by molar-refractivity contribution is 9.10. The van der Waals surface area contributed by atoms with Crippen LogP contribution < -0.4 is 5.32 Å². The van der Waals surface area contributed by atoms with E-state index in [0.717, 1.165) is 16.0 Å². The van der Waals surface area contributed by atoms with Crippen molar-refractivity contribution in [3.8, 4) is 0 Å². The second kappa shape index (κ2) is 6.51. The molecule has 15 heavy (non-hydrogen) atoms. The third-order valence-corrected chi connectivity index (χ3v) is 4.48. The highest BCUT2D eigenvalue weighted by Crippen LogP contribution is 2.29. The van der Waals surface area contributed by atoms with Gasteiger partial charge in [0.25, 0.3) is 0 Å². The Kier molecular flexibility index (Phi) is 5.64. The van der Waals surface area contributed by atoms with Gasteiger partial charge in [0.2, 0.25) is 0 Å². The van der Waals surface area contributed by atoms with Crippen molar-refractivity contribution in [1.82, 2.24) is 10.3 Å². The van der Waals surface area contributed by atoms with Crippen LogP contribution in [0.3, 0.4) is 0 Å². The maximum absolute atomic E-state index is 4.35. The lowest BCUT2D eigenvalue weighted by atomic mass is 10.2. The fraction of sp³-hybridized carbons (Fsp3) is 0.545. The van der Waals surface area contributed by atoms with E-state index in [1.807, 2.05) is 18.3 Å². The Balaban J connectivity index is 2.58. The summed E-state index contributed by atoms with van der Waals surface area (Å²) < 4.78 is 1.07. The summed E-state index contributed by atoms with van der Waals surface area (Å²) in [7, 11) is 0. The van der Waals surface area contributed by atoms with Crippen LogP contribution in [-0.2, 0) is 0 Å². The summed E-state index contributed by atoms with van der Waals surface area (Å²) in [5, 5.41) is 5.00. The molecule has 0 aliphatic rings. The average Bonchev–Trinajstić information content (AvgIpc) is 2.21. The molecule has 2 nitrogen and oxygen atoms in total. The largest absolute Gasteiger partial charge is 0.313 e. The van der Waals surface area contributed by atoms with E-state index in [4.69, 9.17) is 0 Å². The first-order valence-electron chi connectivity index (χ1n) is 5.15. The molecule has 0 amide bonds. The first-order chi connectivity index (χ1) is 7.15. The molecule has 0 spiro atoms. The Morgan fingerprint density at radius 3 is 2.87 bits per heavy atom. The van der Waals surface area contributed by atoms with E-state index < -0.39 is 0 Å². The van der Waals surface area contributed by atoms with Crippen molar-refractivity contribution in [1.29, 1.82) is 0 Å². The number of hydrogen-bond donors (Lipinski definition) is 1. The molecule has 1 rings (SSSR count). The van der Waals surface area contributed by atoms with Crippen LogP contribution in [0, 0.1) is 0 Å². The number of thioether (sulfide) groups is 1. The number of nitrogens with one attached hydrogen (secondary N) is 1. The van der Waals surface area contributed by atoms with Crippen LogP contribution in [0.1, 0.15) is 20.8 Å². The molecule has 1 aromatic rings. The highest BCUT2D eigenvalue weighted by Gasteiger charge is 2.14. The van der Waals surface area contributed by atoms with E-state index >= 15 is 0 Å². The fourth-order valence-electron chi connectivity index (χ4n) is 1.22. The Hall–Kier alpha value is -0.0600. The first-order valence-corrected chi connectivity index (χ1v) is 6.83. The molecule has 0 radical (unpaired) electrons. The van der Waals surface area contributed by atoms with Gasteiger partial charge in [-0.3, -0.25) is 0 Å². The van der Waals surface area contributed by atoms with E-state index in [0.29, 0.717) is 11.3 Å². The van der Waals surface area contributed by atoms with E-state index in [-0.39, 0.29) is 0 Å². The van der Waals surface area contributed by atoms with Gasteiger partial charge in [-0.25, -0.2) is 4.98 Å². The predicted molar refractivity (Wildman–Crippen MR) is 70.4 cm³/mol. The van der Waals surface area contributed by atoms with Crippen LogP contribution in [0.4, 0.5) is 0 Å². The van der Waals surface area contributed by atoms with Gasteiger partial charge in [-0.05, 0) is 41.5 Å². The molecular weight excluding hydrogens is 272 g/mol. The van der Waals surface area contributed by atoms with Crippen LogP contribution in [0.2, 0.25) is 0 Å². The average molecular weight is 289 g/mol. The van der Waals surface area contributed by atoms with Crippen LogP contribution in [0.15, 0.2) is 27.8 Å². The van der Waals surface area contributed by atoms with Crippen molar-refractivity contribution in [2.45, 2.75) is 37.1 Å². The predicted octanol–water partition coefficient (Wildman–Crippen LogP) is 3.32. The lowest BCUT2D eigenvalue weighted by molar-refractivity contribution is 0.563. The minimum atomic E-state index is 0.494. The molecule has 84 valence electrons. The Bertz CT molecular complexity index is 306. The van der Waals surface area contributed by atoms with Gasteiger partial charge in [-0.2, -0.15) is 0 Å². The standard InChI is InChI=1S/C11H17BrN2S/c1-4-13-8(2)9(3)15-11-10(12)6-5-7-14-11/h5-9,13H,4H2,1-3H3. The molecule has 0 aliphatic heterocycles. The molecule has 2 atom stereocenters. The number of pyridine rings is 1. The van der Waals surface area contributed by atoms with Crippen molar-refractivity contribution >= 4 is 27.7 Å². The van der Waals surface area contributed by atoms with Crippen LogP contribution in [0.5, 0.6) is 0 Å². The van der Waals surface area contributed by atoms with Gasteiger partial charge in [0.15, 0.2) is 0 Å². The Morgan fingerprint density at radius 2 is 2.27 bits per heavy atom. The molecule has 0 bridgehead atoms. The molecular formula is C11H17BrN2S. The van der Waals surface area contributed by atoms with Gasteiger partial charge >= 0.3 is 0 Å². The SMILES string of the molecule is CCNC(C)C(C)Sc1ncccc1Br. The van der Waals surface area contributed by atoms with Gasteiger partial charge in [0, 0.05) is 22.0 Å². The summed E-state index contributed by atoms with van der Waals surface area (Å²) in [6.45, 7) is 7.57. The second-order valence-electron chi connectivity index (χ2n) is 3.46. The number of rotatable bonds is 5. The molecule has 0 aromatic carbocycles. The summed E-state index contributed by atoms with van der Waals surface area (Å²) in [6, 6.07) is 4.46. The zero-order chi connectivity index (χ0) is 11.3. The molecule has 4 heteroatoms. The normalized spacial score (nSPS) is 14.9. The summed E-state index contributed by atoms with van der Waals surface area (Å²) in [6.07, 6.45) is 1.83. The van der Waals surface area contributed by atoms with Crippen molar-refractivity contribution in [2.24, 2.45) is 0 Å². The van der Waals surface area contributed by atoms with Crippen molar-refractivity contribution < 1.29 is 0 Å². The summed E-state index contributed by atoms with van der Waals surface area (Å²) >= 11 is 5.31. The van der Waals surface area contributed by atoms with Crippen LogP contribution in [0.25, 0.3) is 0 Å². The zero-order valence-electron chi connectivity index (χ0n) is 9.33. The number of hydrogen-bond acceptors (Lipinski definition) is 3. The summed E-state index contributed by atoms with van der Waals surface area (Å²) in [5.74, 6) is 0. The minimum Gasteiger partial charge on any atom is -0.313 e. The number of aromatic nitrogens is 1. The zero-order valence-corrected chi connectivity index (χ0v) is 11.7.